The second-order valence-electron chi connectivity index (χ2n) is 5.93. The lowest BCUT2D eigenvalue weighted by Gasteiger charge is -2.15. The van der Waals surface area contributed by atoms with Crippen molar-refractivity contribution >= 4 is 29.2 Å². The van der Waals surface area contributed by atoms with Gasteiger partial charge in [-0.15, -0.1) is 0 Å². The number of hydrogen-bond acceptors (Lipinski definition) is 6. The molecule has 1 aliphatic rings. The number of benzene rings is 1. The van der Waals surface area contributed by atoms with Crippen molar-refractivity contribution in [3.05, 3.63) is 52.7 Å². The van der Waals surface area contributed by atoms with Gasteiger partial charge in [0.05, 0.1) is 36.5 Å². The van der Waals surface area contributed by atoms with Gasteiger partial charge in [0.15, 0.2) is 0 Å². The van der Waals surface area contributed by atoms with Crippen molar-refractivity contribution in [2.75, 3.05) is 32.1 Å². The van der Waals surface area contributed by atoms with E-state index in [1.54, 1.807) is 30.6 Å². The first-order valence-electron chi connectivity index (χ1n) is 8.24. The highest BCUT2D eigenvalue weighted by Gasteiger charge is 2.34. The third-order valence-electron chi connectivity index (χ3n) is 4.26. The summed E-state index contributed by atoms with van der Waals surface area (Å²) in [6, 6.07) is 5.22. The number of methoxy groups -OCH3 is 1. The molecule has 0 fully saturated rings. The average Bonchev–Trinajstić information content (AvgIpc) is 3.20. The fourth-order valence-corrected chi connectivity index (χ4v) is 3.18. The molecule has 0 radical (unpaired) electrons. The molecule has 0 aliphatic carbocycles. The molecule has 1 aliphatic heterocycles. The van der Waals surface area contributed by atoms with Crippen LogP contribution < -0.4 is 5.32 Å². The molecule has 8 nitrogen and oxygen atoms in total. The number of esters is 1. The minimum absolute atomic E-state index is 0.0778. The Labute approximate surface area is 161 Å². The number of anilines is 1. The van der Waals surface area contributed by atoms with Crippen LogP contribution in [0.25, 0.3) is 5.69 Å². The second kappa shape index (κ2) is 7.81. The lowest BCUT2D eigenvalue weighted by Crippen LogP contribution is -2.31. The summed E-state index contributed by atoms with van der Waals surface area (Å²) in [4.78, 5) is 30.1. The van der Waals surface area contributed by atoms with E-state index in [9.17, 15) is 9.59 Å². The molecule has 9 heteroatoms. The first-order chi connectivity index (χ1) is 13.0. The van der Waals surface area contributed by atoms with Crippen molar-refractivity contribution in [3.8, 4) is 5.69 Å². The van der Waals surface area contributed by atoms with Crippen LogP contribution in [0.1, 0.15) is 5.82 Å². The quantitative estimate of drug-likeness (QED) is 0.726. The first kappa shape index (κ1) is 18.9. The largest absolute Gasteiger partial charge is 0.466 e. The summed E-state index contributed by atoms with van der Waals surface area (Å²) >= 11 is 6.39. The van der Waals surface area contributed by atoms with E-state index in [4.69, 9.17) is 21.4 Å². The molecule has 142 valence electrons. The van der Waals surface area contributed by atoms with Gasteiger partial charge >= 0.3 is 5.97 Å². The maximum atomic E-state index is 12.6. The monoisotopic (exact) mass is 390 g/mol. The van der Waals surface area contributed by atoms with Crippen LogP contribution in [0, 0.1) is 6.92 Å². The smallest absolute Gasteiger partial charge is 0.337 e. The van der Waals surface area contributed by atoms with Crippen LogP contribution in [0.5, 0.6) is 0 Å². The Kier molecular flexibility index (Phi) is 5.48. The summed E-state index contributed by atoms with van der Waals surface area (Å²) in [7, 11) is 1.26. The number of nitrogens with one attached hydrogen (secondary N) is 1. The Bertz CT molecular complexity index is 922. The van der Waals surface area contributed by atoms with E-state index >= 15 is 0 Å². The van der Waals surface area contributed by atoms with E-state index in [0.717, 1.165) is 11.5 Å². The normalized spacial score (nSPS) is 14.1. The van der Waals surface area contributed by atoms with Gasteiger partial charge < -0.3 is 24.6 Å². The Balaban J connectivity index is 1.90. The van der Waals surface area contributed by atoms with E-state index in [1.807, 2.05) is 11.5 Å². The van der Waals surface area contributed by atoms with Crippen LogP contribution in [-0.2, 0) is 14.3 Å². The van der Waals surface area contributed by atoms with E-state index in [-0.39, 0.29) is 36.9 Å². The third kappa shape index (κ3) is 3.67. The van der Waals surface area contributed by atoms with Crippen LogP contribution in [-0.4, -0.2) is 58.2 Å². The summed E-state index contributed by atoms with van der Waals surface area (Å²) in [5.74, 6) is -0.183. The molecule has 1 aromatic heterocycles. The predicted octanol–water partition coefficient (Wildman–Crippen LogP) is 1.51. The Hall–Kier alpha value is -2.84. The molecule has 0 atom stereocenters. The molecular formula is C18H19ClN4O4. The van der Waals surface area contributed by atoms with E-state index in [0.29, 0.717) is 10.7 Å². The summed E-state index contributed by atoms with van der Waals surface area (Å²) in [5, 5.41) is 12.5. The molecule has 2 aromatic rings. The highest BCUT2D eigenvalue weighted by Crippen LogP contribution is 2.28. The number of aromatic nitrogens is 2. The number of nitrogens with zero attached hydrogens (tertiary/aromatic N) is 3. The van der Waals surface area contributed by atoms with Crippen LogP contribution in [0.3, 0.4) is 0 Å². The molecule has 27 heavy (non-hydrogen) atoms. The zero-order chi connectivity index (χ0) is 19.6. The molecule has 0 saturated heterocycles. The number of amides is 1. The number of hydrogen-bond donors (Lipinski definition) is 2. The first-order valence-corrected chi connectivity index (χ1v) is 8.62. The number of imidazole rings is 1. The van der Waals surface area contributed by atoms with Crippen molar-refractivity contribution in [2.45, 2.75) is 6.92 Å². The van der Waals surface area contributed by atoms with Gasteiger partial charge in [-0.2, -0.15) is 0 Å². The number of β-amino-alcohol motifs (C(OH)–C–C–N with tert-alkyl or cyclic N) is 1. The van der Waals surface area contributed by atoms with Gasteiger partial charge in [-0.1, -0.05) is 11.6 Å². The summed E-state index contributed by atoms with van der Waals surface area (Å²) in [5.41, 5.74) is 1.63. The zero-order valence-electron chi connectivity index (χ0n) is 14.9. The number of ether oxygens (including phenoxy) is 1. The van der Waals surface area contributed by atoms with E-state index in [2.05, 4.69) is 10.3 Å². The average molecular weight is 391 g/mol. The summed E-state index contributed by atoms with van der Waals surface area (Å²) in [6.07, 6.45) is 3.48. The molecule has 0 saturated carbocycles. The Morgan fingerprint density at radius 2 is 2.22 bits per heavy atom. The number of aryl methyl sites for hydroxylation is 1. The molecule has 2 N–H and O–H groups in total. The zero-order valence-corrected chi connectivity index (χ0v) is 15.7. The minimum Gasteiger partial charge on any atom is -0.466 e. The third-order valence-corrected chi connectivity index (χ3v) is 4.56. The number of halogens is 1. The highest BCUT2D eigenvalue weighted by molar-refractivity contribution is 6.32. The van der Waals surface area contributed by atoms with Gasteiger partial charge in [0.2, 0.25) is 0 Å². The molecule has 1 aromatic carbocycles. The number of carbonyl (C=O) groups excluding carboxylic acids is 2. The van der Waals surface area contributed by atoms with Crippen LogP contribution >= 0.6 is 11.6 Å². The molecule has 0 unspecified atom stereocenters. The molecule has 3 rings (SSSR count). The van der Waals surface area contributed by atoms with Gasteiger partial charge in [0.25, 0.3) is 5.91 Å². The number of aliphatic hydroxyl groups is 1. The fraction of sp³-hybridized carbons (Fsp3) is 0.278. The Morgan fingerprint density at radius 3 is 2.81 bits per heavy atom. The number of rotatable bonds is 6. The minimum atomic E-state index is -0.594. The van der Waals surface area contributed by atoms with Crippen LogP contribution in [0.2, 0.25) is 5.02 Å². The van der Waals surface area contributed by atoms with Gasteiger partial charge in [-0.05, 0) is 25.1 Å². The standard InChI is InChI=1S/C18H19ClN4O4/c1-11-20-5-6-23(11)15-4-3-12(9-14(15)19)21-16-13(18(26)27-2)10-22(7-8-24)17(16)25/h3-6,9,21,24H,7-8,10H2,1-2H3. The van der Waals surface area contributed by atoms with Crippen LogP contribution in [0.15, 0.2) is 41.9 Å². The van der Waals surface area contributed by atoms with Crippen molar-refractivity contribution in [2.24, 2.45) is 0 Å². The summed E-state index contributed by atoms with van der Waals surface area (Å²) < 4.78 is 6.61. The predicted molar refractivity (Wildman–Crippen MR) is 99.6 cm³/mol. The maximum Gasteiger partial charge on any atom is 0.337 e. The molecule has 0 spiro atoms. The summed E-state index contributed by atoms with van der Waals surface area (Å²) in [6.45, 7) is 1.87. The van der Waals surface area contributed by atoms with Crippen molar-refractivity contribution in [1.82, 2.24) is 14.5 Å². The maximum absolute atomic E-state index is 12.6. The SMILES string of the molecule is COC(=O)C1=C(Nc2ccc(-n3ccnc3C)c(Cl)c2)C(=O)N(CCO)C1. The van der Waals surface area contributed by atoms with Gasteiger partial charge in [0, 0.05) is 24.6 Å². The lowest BCUT2D eigenvalue weighted by molar-refractivity contribution is -0.136. The lowest BCUT2D eigenvalue weighted by atomic mass is 10.2. The second-order valence-corrected chi connectivity index (χ2v) is 6.34. The van der Waals surface area contributed by atoms with Gasteiger partial charge in [-0.25, -0.2) is 9.78 Å². The Morgan fingerprint density at radius 1 is 1.44 bits per heavy atom. The van der Waals surface area contributed by atoms with E-state index < -0.39 is 5.97 Å². The van der Waals surface area contributed by atoms with Crippen molar-refractivity contribution in [1.29, 1.82) is 0 Å². The van der Waals surface area contributed by atoms with Gasteiger partial charge in [-0.3, -0.25) is 4.79 Å². The fourth-order valence-electron chi connectivity index (χ4n) is 2.91. The molecular weight excluding hydrogens is 372 g/mol. The number of carbonyl (C=O) groups is 2. The molecule has 2 heterocycles. The van der Waals surface area contributed by atoms with Gasteiger partial charge in [0.1, 0.15) is 11.5 Å². The van der Waals surface area contributed by atoms with E-state index in [1.165, 1.54) is 12.0 Å². The van der Waals surface area contributed by atoms with Crippen LogP contribution in [0.4, 0.5) is 5.69 Å². The van der Waals surface area contributed by atoms with Crippen molar-refractivity contribution < 1.29 is 19.4 Å². The highest BCUT2D eigenvalue weighted by atomic mass is 35.5. The topological polar surface area (TPSA) is 96.7 Å². The van der Waals surface area contributed by atoms with Crippen molar-refractivity contribution in [3.63, 3.8) is 0 Å². The molecule has 0 bridgehead atoms. The number of aliphatic hydroxyl groups excluding tert-OH is 1. The molecule has 1 amide bonds.